The zero-order valence-corrected chi connectivity index (χ0v) is 25.1. The van der Waals surface area contributed by atoms with Crippen molar-refractivity contribution in [3.63, 3.8) is 0 Å². The molecule has 43 heavy (non-hydrogen) atoms. The van der Waals surface area contributed by atoms with Crippen LogP contribution in [0.2, 0.25) is 10.0 Å². The molecule has 0 atom stereocenters. The highest BCUT2D eigenvalue weighted by Crippen LogP contribution is 2.30. The number of benzene rings is 4. The summed E-state index contributed by atoms with van der Waals surface area (Å²) < 4.78 is 38.3. The second-order valence-corrected chi connectivity index (χ2v) is 11.5. The van der Waals surface area contributed by atoms with Gasteiger partial charge in [0.1, 0.15) is 18.0 Å². The Hall–Kier alpha value is -4.58. The van der Waals surface area contributed by atoms with E-state index in [1.54, 1.807) is 73.8 Å². The molecule has 2 N–H and O–H groups in total. The molecule has 222 valence electrons. The molecule has 0 aliphatic rings. The molecule has 4 rings (SSSR count). The van der Waals surface area contributed by atoms with Crippen molar-refractivity contribution >= 4 is 62.6 Å². The minimum Gasteiger partial charge on any atom is -0.497 e. The van der Waals surface area contributed by atoms with Gasteiger partial charge in [-0.2, -0.15) is 5.10 Å². The fraction of sp³-hybridized carbons (Fsp3) is 0.100. The summed E-state index contributed by atoms with van der Waals surface area (Å²) in [6.45, 7) is -0.769. The standard InChI is InChI=1S/C30H26Cl2N4O6S/c1-41-24-14-9-22(10-15-24)34-30(38)20-42-25-12-7-21(8-13-25)18-33-35-29(37)19-36(23-11-16-27(31)28(32)17-23)43(39,40)26-5-3-2-4-6-26/h2-18H,19-20H2,1H3,(H,34,38)(H,35,37)/b33-18-. The summed E-state index contributed by atoms with van der Waals surface area (Å²) in [5.74, 6) is 0.112. The molecule has 0 spiro atoms. The number of rotatable bonds is 12. The quantitative estimate of drug-likeness (QED) is 0.158. The van der Waals surface area contributed by atoms with Gasteiger partial charge in [0.25, 0.3) is 21.8 Å². The molecule has 0 saturated carbocycles. The van der Waals surface area contributed by atoms with Crippen molar-refractivity contribution < 1.29 is 27.5 Å². The van der Waals surface area contributed by atoms with Crippen LogP contribution in [0.4, 0.5) is 11.4 Å². The topological polar surface area (TPSA) is 126 Å². The molecule has 0 aromatic heterocycles. The van der Waals surface area contributed by atoms with E-state index in [0.717, 1.165) is 4.31 Å². The highest BCUT2D eigenvalue weighted by molar-refractivity contribution is 7.92. The molecule has 4 aromatic rings. The van der Waals surface area contributed by atoms with Gasteiger partial charge < -0.3 is 14.8 Å². The van der Waals surface area contributed by atoms with Gasteiger partial charge in [-0.15, -0.1) is 0 Å². The van der Waals surface area contributed by atoms with Crippen LogP contribution in [-0.4, -0.2) is 46.7 Å². The first-order valence-corrected chi connectivity index (χ1v) is 14.9. The van der Waals surface area contributed by atoms with Crippen LogP contribution in [0.15, 0.2) is 107 Å². The lowest BCUT2D eigenvalue weighted by atomic mass is 10.2. The Labute approximate surface area is 258 Å². The molecule has 0 saturated heterocycles. The lowest BCUT2D eigenvalue weighted by molar-refractivity contribution is -0.119. The van der Waals surface area contributed by atoms with E-state index in [2.05, 4.69) is 15.8 Å². The number of nitrogens with zero attached hydrogens (tertiary/aromatic N) is 2. The predicted molar refractivity (Wildman–Crippen MR) is 167 cm³/mol. The molecule has 0 radical (unpaired) electrons. The number of methoxy groups -OCH3 is 1. The van der Waals surface area contributed by atoms with E-state index >= 15 is 0 Å². The maximum absolute atomic E-state index is 13.4. The molecule has 0 fully saturated rings. The van der Waals surface area contributed by atoms with Crippen LogP contribution in [0, 0.1) is 0 Å². The van der Waals surface area contributed by atoms with Crippen molar-refractivity contribution in [3.8, 4) is 11.5 Å². The summed E-state index contributed by atoms with van der Waals surface area (Å²) in [4.78, 5) is 24.9. The molecule has 0 aliphatic heterocycles. The number of halogens is 2. The van der Waals surface area contributed by atoms with Crippen LogP contribution in [-0.2, 0) is 19.6 Å². The zero-order chi connectivity index (χ0) is 30.8. The Morgan fingerprint density at radius 3 is 2.19 bits per heavy atom. The van der Waals surface area contributed by atoms with Crippen molar-refractivity contribution in [1.82, 2.24) is 5.43 Å². The average Bonchev–Trinajstić information content (AvgIpc) is 3.01. The largest absolute Gasteiger partial charge is 0.497 e. The highest BCUT2D eigenvalue weighted by Gasteiger charge is 2.27. The van der Waals surface area contributed by atoms with Crippen molar-refractivity contribution in [3.05, 3.63) is 113 Å². The van der Waals surface area contributed by atoms with E-state index in [4.69, 9.17) is 32.7 Å². The van der Waals surface area contributed by atoms with Crippen molar-refractivity contribution in [2.24, 2.45) is 5.10 Å². The van der Waals surface area contributed by atoms with E-state index in [1.807, 2.05) is 0 Å². The summed E-state index contributed by atoms with van der Waals surface area (Å²) in [6, 6.07) is 25.5. The summed E-state index contributed by atoms with van der Waals surface area (Å²) in [5.41, 5.74) is 3.73. The predicted octanol–water partition coefficient (Wildman–Crippen LogP) is 5.37. The Morgan fingerprint density at radius 2 is 1.53 bits per heavy atom. The van der Waals surface area contributed by atoms with Gasteiger partial charge in [-0.1, -0.05) is 41.4 Å². The summed E-state index contributed by atoms with van der Waals surface area (Å²) in [5, 5.41) is 7.03. The number of sulfonamides is 1. The third kappa shape index (κ3) is 8.71. The molecule has 10 nitrogen and oxygen atoms in total. The molecule has 0 bridgehead atoms. The minimum atomic E-state index is -4.12. The van der Waals surface area contributed by atoms with Gasteiger partial charge in [0.05, 0.1) is 34.0 Å². The SMILES string of the molecule is COc1ccc(NC(=O)COc2ccc(/C=N\NC(=O)CN(c3ccc(Cl)c(Cl)c3)S(=O)(=O)c3ccccc3)cc2)cc1. The van der Waals surface area contributed by atoms with Gasteiger partial charge in [-0.05, 0) is 84.4 Å². The maximum Gasteiger partial charge on any atom is 0.264 e. The zero-order valence-electron chi connectivity index (χ0n) is 22.7. The summed E-state index contributed by atoms with van der Waals surface area (Å²) in [7, 11) is -2.56. The second kappa shape index (κ2) is 14.5. The van der Waals surface area contributed by atoms with Gasteiger partial charge in [0.2, 0.25) is 0 Å². The summed E-state index contributed by atoms with van der Waals surface area (Å²) in [6.07, 6.45) is 1.38. The fourth-order valence-corrected chi connectivity index (χ4v) is 5.42. The van der Waals surface area contributed by atoms with E-state index in [-0.39, 0.29) is 33.1 Å². The first kappa shape index (κ1) is 31.4. The van der Waals surface area contributed by atoms with Crippen LogP contribution >= 0.6 is 23.2 Å². The van der Waals surface area contributed by atoms with Gasteiger partial charge in [0.15, 0.2) is 6.61 Å². The molecule has 4 aromatic carbocycles. The van der Waals surface area contributed by atoms with E-state index < -0.39 is 22.5 Å². The molecule has 0 unspecified atom stereocenters. The monoisotopic (exact) mass is 640 g/mol. The smallest absolute Gasteiger partial charge is 0.264 e. The number of nitrogens with one attached hydrogen (secondary N) is 2. The van der Waals surface area contributed by atoms with Crippen molar-refractivity contribution in [2.75, 3.05) is 29.9 Å². The maximum atomic E-state index is 13.4. The lowest BCUT2D eigenvalue weighted by Gasteiger charge is -2.24. The Kier molecular flexibility index (Phi) is 10.6. The number of hydrogen-bond acceptors (Lipinski definition) is 7. The first-order valence-electron chi connectivity index (χ1n) is 12.7. The van der Waals surface area contributed by atoms with Gasteiger partial charge >= 0.3 is 0 Å². The van der Waals surface area contributed by atoms with Crippen LogP contribution in [0.1, 0.15) is 5.56 Å². The first-order chi connectivity index (χ1) is 20.7. The number of amides is 2. The van der Waals surface area contributed by atoms with Crippen LogP contribution in [0.25, 0.3) is 0 Å². The number of anilines is 2. The minimum absolute atomic E-state index is 0.00195. The number of carbonyl (C=O) groups is 2. The van der Waals surface area contributed by atoms with E-state index in [9.17, 15) is 18.0 Å². The highest BCUT2D eigenvalue weighted by atomic mass is 35.5. The van der Waals surface area contributed by atoms with Crippen LogP contribution in [0.3, 0.4) is 0 Å². The van der Waals surface area contributed by atoms with E-state index in [1.165, 1.54) is 36.5 Å². The number of carbonyl (C=O) groups excluding carboxylic acids is 2. The van der Waals surface area contributed by atoms with Gasteiger partial charge in [-0.25, -0.2) is 13.8 Å². The lowest BCUT2D eigenvalue weighted by Crippen LogP contribution is -2.39. The van der Waals surface area contributed by atoms with Crippen LogP contribution in [0.5, 0.6) is 11.5 Å². The Balaban J connectivity index is 1.34. The van der Waals surface area contributed by atoms with Crippen molar-refractivity contribution in [2.45, 2.75) is 4.90 Å². The Morgan fingerprint density at radius 1 is 0.860 bits per heavy atom. The second-order valence-electron chi connectivity index (χ2n) is 8.85. The third-order valence-electron chi connectivity index (χ3n) is 5.84. The van der Waals surface area contributed by atoms with E-state index in [0.29, 0.717) is 22.7 Å². The van der Waals surface area contributed by atoms with Crippen molar-refractivity contribution in [1.29, 1.82) is 0 Å². The molecule has 0 heterocycles. The third-order valence-corrected chi connectivity index (χ3v) is 8.36. The fourth-order valence-electron chi connectivity index (χ4n) is 3.69. The average molecular weight is 642 g/mol. The summed E-state index contributed by atoms with van der Waals surface area (Å²) >= 11 is 12.1. The number of hydrazone groups is 1. The number of ether oxygens (including phenoxy) is 2. The molecule has 0 aliphatic carbocycles. The molecular weight excluding hydrogens is 615 g/mol. The molecule has 13 heteroatoms. The Bertz CT molecular complexity index is 1700. The normalized spacial score (nSPS) is 11.1. The molecular formula is C30H26Cl2N4O6S. The molecule has 2 amide bonds. The van der Waals surface area contributed by atoms with Gasteiger partial charge in [-0.3, -0.25) is 13.9 Å². The number of hydrogen-bond donors (Lipinski definition) is 2. The van der Waals surface area contributed by atoms with Crippen LogP contribution < -0.4 is 24.5 Å². The van der Waals surface area contributed by atoms with Gasteiger partial charge in [0, 0.05) is 5.69 Å².